The van der Waals surface area contributed by atoms with Crippen molar-refractivity contribution in [3.8, 4) is 0 Å². The van der Waals surface area contributed by atoms with E-state index in [1.54, 1.807) is 12.3 Å². The second-order valence-electron chi connectivity index (χ2n) is 8.45. The average Bonchev–Trinajstić information content (AvgIpc) is 2.49. The molecule has 0 saturated heterocycles. The van der Waals surface area contributed by atoms with E-state index in [9.17, 15) is 9.90 Å². The molecule has 0 saturated carbocycles. The van der Waals surface area contributed by atoms with Gasteiger partial charge in [0.1, 0.15) is 16.7 Å². The lowest BCUT2D eigenvalue weighted by Crippen LogP contribution is -2.68. The molecule has 3 rings (SSSR count). The highest BCUT2D eigenvalue weighted by molar-refractivity contribution is 5.71. The second kappa shape index (κ2) is 6.23. The average molecular weight is 356 g/mol. The predicted molar refractivity (Wildman–Crippen MR) is 101 cm³/mol. The van der Waals surface area contributed by atoms with Gasteiger partial charge >= 0.3 is 6.09 Å². The summed E-state index contributed by atoms with van der Waals surface area (Å²) in [4.78, 5) is 17.2. The molecule has 0 spiro atoms. The number of alkyl carbamates (subject to hydrolysis) is 1. The van der Waals surface area contributed by atoms with Gasteiger partial charge in [-0.15, -0.1) is 6.58 Å². The van der Waals surface area contributed by atoms with Gasteiger partial charge in [0.2, 0.25) is 0 Å². The van der Waals surface area contributed by atoms with Crippen molar-refractivity contribution >= 4 is 6.09 Å². The first-order valence-corrected chi connectivity index (χ1v) is 9.08. The lowest BCUT2D eigenvalue weighted by atomic mass is 9.56. The maximum atomic E-state index is 12.7. The molecule has 0 unspecified atom stereocenters. The van der Waals surface area contributed by atoms with Crippen molar-refractivity contribution in [3.63, 3.8) is 0 Å². The Balaban J connectivity index is 2.17. The standard InChI is InChI=1S/C21H28N2O3/c1-6-9-21(25)15-11-14(2)13-20(21,23-18(24)26-19(3,4)5)16-8-7-10-22-17(16)12-15/h6-8,10,13,15,25H,1,9,11-12H2,2-5H3,(H,23,24)/t15-,20-,21-/m0/s1. The molecular weight excluding hydrogens is 328 g/mol. The third kappa shape index (κ3) is 2.94. The first-order valence-electron chi connectivity index (χ1n) is 9.08. The molecule has 1 heterocycles. The Kier molecular flexibility index (Phi) is 4.47. The number of aliphatic hydroxyl groups is 1. The van der Waals surface area contributed by atoms with Crippen molar-refractivity contribution in [1.82, 2.24) is 10.3 Å². The van der Waals surface area contributed by atoms with Crippen molar-refractivity contribution in [3.05, 3.63) is 53.9 Å². The number of hydrogen-bond donors (Lipinski definition) is 2. The van der Waals surface area contributed by atoms with E-state index < -0.39 is 22.8 Å². The summed E-state index contributed by atoms with van der Waals surface area (Å²) in [6.45, 7) is 11.3. The molecule has 0 fully saturated rings. The summed E-state index contributed by atoms with van der Waals surface area (Å²) >= 11 is 0. The zero-order valence-electron chi connectivity index (χ0n) is 16.0. The van der Waals surface area contributed by atoms with Gasteiger partial charge in [0.25, 0.3) is 0 Å². The number of aromatic nitrogens is 1. The van der Waals surface area contributed by atoms with Crippen LogP contribution in [0, 0.1) is 5.92 Å². The highest BCUT2D eigenvalue weighted by Gasteiger charge is 2.60. The number of carbonyl (C=O) groups is 1. The van der Waals surface area contributed by atoms with Crippen LogP contribution >= 0.6 is 0 Å². The van der Waals surface area contributed by atoms with E-state index in [-0.39, 0.29) is 5.92 Å². The van der Waals surface area contributed by atoms with Crippen LogP contribution in [-0.2, 0) is 16.7 Å². The fourth-order valence-electron chi connectivity index (χ4n) is 4.40. The summed E-state index contributed by atoms with van der Waals surface area (Å²) in [7, 11) is 0. The molecular formula is C21H28N2O3. The zero-order valence-corrected chi connectivity index (χ0v) is 16.0. The van der Waals surface area contributed by atoms with E-state index >= 15 is 0 Å². The highest BCUT2D eigenvalue weighted by Crippen LogP contribution is 2.53. The molecule has 0 aromatic carbocycles. The lowest BCUT2D eigenvalue weighted by Gasteiger charge is -2.56. The van der Waals surface area contributed by atoms with E-state index in [4.69, 9.17) is 4.74 Å². The van der Waals surface area contributed by atoms with Crippen LogP contribution in [-0.4, -0.2) is 27.4 Å². The van der Waals surface area contributed by atoms with Crippen molar-refractivity contribution < 1.29 is 14.6 Å². The van der Waals surface area contributed by atoms with Crippen molar-refractivity contribution in [2.24, 2.45) is 5.92 Å². The molecule has 0 radical (unpaired) electrons. The zero-order chi connectivity index (χ0) is 19.2. The largest absolute Gasteiger partial charge is 0.444 e. The molecule has 0 aliphatic heterocycles. The maximum Gasteiger partial charge on any atom is 0.408 e. The number of fused-ring (bicyclic) bond motifs is 4. The topological polar surface area (TPSA) is 71.5 Å². The quantitative estimate of drug-likeness (QED) is 0.811. The first-order chi connectivity index (χ1) is 12.1. The minimum absolute atomic E-state index is 0.0529. The number of nitrogens with one attached hydrogen (secondary N) is 1. The second-order valence-corrected chi connectivity index (χ2v) is 8.45. The molecule has 2 bridgehead atoms. The normalized spacial score (nSPS) is 30.0. The summed E-state index contributed by atoms with van der Waals surface area (Å²) in [6.07, 6.45) is 6.68. The predicted octanol–water partition coefficient (Wildman–Crippen LogP) is 3.63. The van der Waals surface area contributed by atoms with Gasteiger partial charge in [-0.1, -0.05) is 23.8 Å². The van der Waals surface area contributed by atoms with Crippen LogP contribution in [0.4, 0.5) is 4.79 Å². The summed E-state index contributed by atoms with van der Waals surface area (Å²) < 4.78 is 5.51. The molecule has 2 aliphatic carbocycles. The Labute approximate surface area is 155 Å². The first kappa shape index (κ1) is 18.6. The van der Waals surface area contributed by atoms with Gasteiger partial charge in [0.05, 0.1) is 0 Å². The molecule has 2 N–H and O–H groups in total. The number of amides is 1. The molecule has 5 heteroatoms. The minimum atomic E-state index is -1.18. The van der Waals surface area contributed by atoms with Crippen LogP contribution in [0.15, 0.2) is 42.6 Å². The van der Waals surface area contributed by atoms with Crippen molar-refractivity contribution in [2.45, 2.75) is 63.7 Å². The number of allylic oxidation sites excluding steroid dienone is 1. The SMILES string of the molecule is C=CC[C@]1(O)[C@H]2CC(C)=C[C@]1(NC(=O)OC(C)(C)C)c1cccnc1C2. The molecule has 140 valence electrons. The van der Waals surface area contributed by atoms with Gasteiger partial charge in [0, 0.05) is 23.4 Å². The molecule has 26 heavy (non-hydrogen) atoms. The molecule has 2 aliphatic rings. The Hall–Kier alpha value is -2.14. The van der Waals surface area contributed by atoms with Gasteiger partial charge in [0.15, 0.2) is 0 Å². The fourth-order valence-corrected chi connectivity index (χ4v) is 4.40. The Morgan fingerprint density at radius 1 is 1.50 bits per heavy atom. The van der Waals surface area contributed by atoms with Crippen LogP contribution in [0.25, 0.3) is 0 Å². The van der Waals surface area contributed by atoms with Crippen molar-refractivity contribution in [1.29, 1.82) is 0 Å². The minimum Gasteiger partial charge on any atom is -0.444 e. The van der Waals surface area contributed by atoms with E-state index in [1.807, 2.05) is 45.9 Å². The number of ether oxygens (including phenoxy) is 1. The van der Waals surface area contributed by atoms with Gasteiger partial charge in [-0.3, -0.25) is 4.98 Å². The summed E-state index contributed by atoms with van der Waals surface area (Å²) in [5, 5.41) is 14.8. The summed E-state index contributed by atoms with van der Waals surface area (Å²) in [5.41, 5.74) is -0.0262. The number of carbonyl (C=O) groups excluding carboxylic acids is 1. The Morgan fingerprint density at radius 2 is 2.23 bits per heavy atom. The number of hydrogen-bond acceptors (Lipinski definition) is 4. The maximum absolute atomic E-state index is 12.7. The summed E-state index contributed by atoms with van der Waals surface area (Å²) in [6, 6.07) is 3.77. The van der Waals surface area contributed by atoms with E-state index in [2.05, 4.69) is 16.9 Å². The monoisotopic (exact) mass is 356 g/mol. The highest BCUT2D eigenvalue weighted by atomic mass is 16.6. The van der Waals surface area contributed by atoms with Gasteiger partial charge in [-0.25, -0.2) is 4.79 Å². The third-order valence-corrected chi connectivity index (χ3v) is 5.30. The number of pyridine rings is 1. The van der Waals surface area contributed by atoms with E-state index in [0.717, 1.165) is 23.3 Å². The van der Waals surface area contributed by atoms with Crippen LogP contribution in [0.1, 0.15) is 51.8 Å². The van der Waals surface area contributed by atoms with Crippen LogP contribution in [0.5, 0.6) is 0 Å². The molecule has 1 aromatic heterocycles. The molecule has 1 amide bonds. The lowest BCUT2D eigenvalue weighted by molar-refractivity contribution is -0.0971. The molecule has 3 atom stereocenters. The fraction of sp³-hybridized carbons (Fsp3) is 0.524. The van der Waals surface area contributed by atoms with Crippen LogP contribution in [0.3, 0.4) is 0 Å². The van der Waals surface area contributed by atoms with Crippen molar-refractivity contribution in [2.75, 3.05) is 0 Å². The van der Waals surface area contributed by atoms with Gasteiger partial charge in [-0.05, 0) is 53.0 Å². The molecule has 5 nitrogen and oxygen atoms in total. The summed E-state index contributed by atoms with van der Waals surface area (Å²) in [5.74, 6) is -0.0529. The molecule has 1 aromatic rings. The Bertz CT molecular complexity index is 765. The van der Waals surface area contributed by atoms with E-state index in [0.29, 0.717) is 12.8 Å². The number of rotatable bonds is 3. The van der Waals surface area contributed by atoms with Crippen LogP contribution in [0.2, 0.25) is 0 Å². The third-order valence-electron chi connectivity index (χ3n) is 5.30. The van der Waals surface area contributed by atoms with Gasteiger partial charge < -0.3 is 15.2 Å². The number of nitrogens with zero attached hydrogens (tertiary/aromatic N) is 1. The van der Waals surface area contributed by atoms with Crippen LogP contribution < -0.4 is 5.32 Å². The van der Waals surface area contributed by atoms with E-state index in [1.165, 1.54) is 0 Å². The smallest absolute Gasteiger partial charge is 0.408 e. The van der Waals surface area contributed by atoms with Gasteiger partial charge in [-0.2, -0.15) is 0 Å². The Morgan fingerprint density at radius 3 is 2.88 bits per heavy atom.